The summed E-state index contributed by atoms with van der Waals surface area (Å²) in [6, 6.07) is 8.08. The van der Waals surface area contributed by atoms with Crippen LogP contribution in [0.15, 0.2) is 24.3 Å². The minimum absolute atomic E-state index is 0.845. The van der Waals surface area contributed by atoms with Crippen molar-refractivity contribution in [2.45, 2.75) is 6.92 Å². The number of hydrogen-bond acceptors (Lipinski definition) is 1. The van der Waals surface area contributed by atoms with E-state index in [2.05, 4.69) is 29.0 Å². The first kappa shape index (κ1) is 7.93. The van der Waals surface area contributed by atoms with Crippen LogP contribution in [-0.4, -0.2) is 19.8 Å². The van der Waals surface area contributed by atoms with Gasteiger partial charge in [-0.05, 0) is 0 Å². The molecule has 1 rings (SSSR count). The van der Waals surface area contributed by atoms with Crippen LogP contribution >= 0.6 is 12.2 Å². The quantitative estimate of drug-likeness (QED) is 0.507. The second kappa shape index (κ2) is 3.29. The molecule has 0 unspecified atom stereocenters. The van der Waals surface area contributed by atoms with E-state index >= 15 is 0 Å². The van der Waals surface area contributed by atoms with Crippen LogP contribution < -0.4 is 0 Å². The Labute approximate surface area is 74.5 Å². The molecule has 0 bridgehead atoms. The van der Waals surface area contributed by atoms with E-state index in [9.17, 15) is 0 Å². The fraction of sp³-hybridized carbons (Fsp3) is 0.125. The van der Waals surface area contributed by atoms with E-state index in [1.807, 2.05) is 18.2 Å². The van der Waals surface area contributed by atoms with Gasteiger partial charge in [0.2, 0.25) is 0 Å². The molecule has 51 valence electrons. The SMILES string of the molecule is Cc1ccccc1C(=S)[Se]. The Morgan fingerprint density at radius 2 is 2.00 bits per heavy atom. The molecule has 0 N–H and O–H groups in total. The molecule has 1 aromatic carbocycles. The third kappa shape index (κ3) is 1.66. The summed E-state index contributed by atoms with van der Waals surface area (Å²) in [6.45, 7) is 2.05. The zero-order valence-electron chi connectivity index (χ0n) is 5.63. The fourth-order valence-electron chi connectivity index (χ4n) is 0.802. The molecule has 0 heterocycles. The summed E-state index contributed by atoms with van der Waals surface area (Å²) >= 11 is 7.82. The van der Waals surface area contributed by atoms with E-state index in [0.717, 1.165) is 9.33 Å². The van der Waals surface area contributed by atoms with Crippen molar-refractivity contribution in [3.63, 3.8) is 0 Å². The minimum atomic E-state index is 0.845. The van der Waals surface area contributed by atoms with E-state index in [-0.39, 0.29) is 0 Å². The van der Waals surface area contributed by atoms with Crippen LogP contribution in [0.2, 0.25) is 0 Å². The number of aryl methyl sites for hydroxylation is 1. The Morgan fingerprint density at radius 1 is 1.40 bits per heavy atom. The molecule has 0 spiro atoms. The first-order valence-corrected chi connectivity index (χ1v) is 4.25. The van der Waals surface area contributed by atoms with E-state index in [4.69, 9.17) is 12.2 Å². The molecular weight excluding hydrogens is 207 g/mol. The van der Waals surface area contributed by atoms with E-state index in [1.54, 1.807) is 0 Å². The van der Waals surface area contributed by atoms with Gasteiger partial charge in [-0.15, -0.1) is 0 Å². The standard InChI is InChI=1S/C8H7SSe/c1-6-4-2-3-5-7(6)8(9)10/h2-5H,1H3. The van der Waals surface area contributed by atoms with Crippen LogP contribution in [-0.2, 0) is 0 Å². The molecule has 0 nitrogen and oxygen atoms in total. The molecular formula is C8H7SSe. The molecule has 10 heavy (non-hydrogen) atoms. The first-order chi connectivity index (χ1) is 4.72. The average Bonchev–Trinajstić information content (AvgIpc) is 1.88. The van der Waals surface area contributed by atoms with Gasteiger partial charge in [-0.3, -0.25) is 0 Å². The molecule has 0 aromatic heterocycles. The van der Waals surface area contributed by atoms with Crippen molar-refractivity contribution in [2.75, 3.05) is 0 Å². The first-order valence-electron chi connectivity index (χ1n) is 2.99. The molecule has 2 heteroatoms. The molecule has 1 aromatic rings. The molecule has 0 aliphatic rings. The Bertz CT molecular complexity index is 255. The number of thiocarbonyl (C=S) groups is 1. The molecule has 0 aliphatic carbocycles. The predicted octanol–water partition coefficient (Wildman–Crippen LogP) is 1.84. The molecule has 1 radical (unpaired) electrons. The molecule has 0 aliphatic heterocycles. The molecule has 0 saturated heterocycles. The third-order valence-corrected chi connectivity index (χ3v) is 2.05. The van der Waals surface area contributed by atoms with Crippen LogP contribution in [0.25, 0.3) is 0 Å². The van der Waals surface area contributed by atoms with Crippen LogP contribution in [0.4, 0.5) is 0 Å². The Kier molecular flexibility index (Phi) is 2.61. The van der Waals surface area contributed by atoms with Crippen molar-refractivity contribution in [1.82, 2.24) is 0 Å². The van der Waals surface area contributed by atoms with Crippen LogP contribution in [0.5, 0.6) is 0 Å². The Hall–Kier alpha value is -0.171. The average molecular weight is 214 g/mol. The fourth-order valence-corrected chi connectivity index (χ4v) is 1.51. The van der Waals surface area contributed by atoms with Gasteiger partial charge in [0.1, 0.15) is 0 Å². The van der Waals surface area contributed by atoms with Crippen molar-refractivity contribution in [1.29, 1.82) is 0 Å². The molecule has 0 amide bonds. The third-order valence-electron chi connectivity index (χ3n) is 1.36. The van der Waals surface area contributed by atoms with E-state index < -0.39 is 0 Å². The van der Waals surface area contributed by atoms with Gasteiger partial charge in [-0.1, -0.05) is 0 Å². The van der Waals surface area contributed by atoms with Crippen molar-refractivity contribution >= 4 is 32.0 Å². The summed E-state index contributed by atoms with van der Waals surface area (Å²) < 4.78 is 0.845. The number of rotatable bonds is 1. The van der Waals surface area contributed by atoms with Crippen molar-refractivity contribution in [3.8, 4) is 0 Å². The summed E-state index contributed by atoms with van der Waals surface area (Å²) in [6.07, 6.45) is 0. The second-order valence-electron chi connectivity index (χ2n) is 2.10. The zero-order valence-corrected chi connectivity index (χ0v) is 8.16. The maximum atomic E-state index is 4.99. The van der Waals surface area contributed by atoms with Gasteiger partial charge in [-0.25, -0.2) is 0 Å². The summed E-state index contributed by atoms with van der Waals surface area (Å²) in [4.78, 5) is 0. The van der Waals surface area contributed by atoms with E-state index in [0.29, 0.717) is 0 Å². The molecule has 0 fully saturated rings. The van der Waals surface area contributed by atoms with Crippen molar-refractivity contribution < 1.29 is 0 Å². The zero-order chi connectivity index (χ0) is 7.56. The normalized spacial score (nSPS) is 9.30. The van der Waals surface area contributed by atoms with Crippen LogP contribution in [0.3, 0.4) is 0 Å². The summed E-state index contributed by atoms with van der Waals surface area (Å²) in [5.41, 5.74) is 2.36. The number of hydrogen-bond donors (Lipinski definition) is 0. The van der Waals surface area contributed by atoms with Crippen molar-refractivity contribution in [3.05, 3.63) is 35.4 Å². The Balaban J connectivity index is 3.15. The Morgan fingerprint density at radius 3 is 2.40 bits per heavy atom. The molecule has 0 atom stereocenters. The monoisotopic (exact) mass is 215 g/mol. The topological polar surface area (TPSA) is 0 Å². The summed E-state index contributed by atoms with van der Waals surface area (Å²) in [7, 11) is 0. The van der Waals surface area contributed by atoms with Crippen LogP contribution in [0.1, 0.15) is 11.1 Å². The summed E-state index contributed by atoms with van der Waals surface area (Å²) in [5.74, 6) is 0. The van der Waals surface area contributed by atoms with E-state index in [1.165, 1.54) is 5.56 Å². The maximum absolute atomic E-state index is 4.99. The van der Waals surface area contributed by atoms with Crippen LogP contribution in [0, 0.1) is 6.92 Å². The van der Waals surface area contributed by atoms with Gasteiger partial charge < -0.3 is 0 Å². The second-order valence-corrected chi connectivity index (χ2v) is 3.95. The summed E-state index contributed by atoms with van der Waals surface area (Å²) in [5, 5.41) is 0. The van der Waals surface area contributed by atoms with Gasteiger partial charge in [0.05, 0.1) is 0 Å². The van der Waals surface area contributed by atoms with Gasteiger partial charge in [-0.2, -0.15) is 0 Å². The molecule has 0 saturated carbocycles. The predicted molar refractivity (Wildman–Crippen MR) is 48.6 cm³/mol. The van der Waals surface area contributed by atoms with Gasteiger partial charge in [0, 0.05) is 0 Å². The number of benzene rings is 1. The van der Waals surface area contributed by atoms with Gasteiger partial charge >= 0.3 is 74.3 Å². The van der Waals surface area contributed by atoms with Gasteiger partial charge in [0.15, 0.2) is 0 Å². The van der Waals surface area contributed by atoms with Gasteiger partial charge in [0.25, 0.3) is 0 Å². The van der Waals surface area contributed by atoms with Crippen molar-refractivity contribution in [2.24, 2.45) is 0 Å².